The second-order valence-electron chi connectivity index (χ2n) is 4.14. The topological polar surface area (TPSA) is 38.7 Å². The lowest BCUT2D eigenvalue weighted by atomic mass is 9.81. The van der Waals surface area contributed by atoms with E-state index in [1.54, 1.807) is 0 Å². The molecule has 3 heterocycles. The van der Waals surface area contributed by atoms with E-state index in [1.165, 1.54) is 6.42 Å². The molecular weight excluding hydrogens is 156 g/mol. The number of ether oxygens (including phenoxy) is 2. The Kier molecular flexibility index (Phi) is 1.48. The highest BCUT2D eigenvalue weighted by atomic mass is 16.6. The first-order valence-electron chi connectivity index (χ1n) is 4.80. The highest BCUT2D eigenvalue weighted by molar-refractivity contribution is 5.00. The summed E-state index contributed by atoms with van der Waals surface area (Å²) in [6.45, 7) is 0.508. The van der Waals surface area contributed by atoms with E-state index >= 15 is 0 Å². The van der Waals surface area contributed by atoms with E-state index in [4.69, 9.17) is 9.47 Å². The maximum atomic E-state index is 9.40. The van der Waals surface area contributed by atoms with Crippen molar-refractivity contribution >= 4 is 0 Å². The van der Waals surface area contributed by atoms with E-state index in [1.807, 2.05) is 0 Å². The van der Waals surface area contributed by atoms with Crippen LogP contribution in [-0.4, -0.2) is 36.1 Å². The van der Waals surface area contributed by atoms with Gasteiger partial charge < -0.3 is 14.6 Å². The van der Waals surface area contributed by atoms with E-state index in [0.717, 1.165) is 12.8 Å². The molecule has 0 aromatic heterocycles. The van der Waals surface area contributed by atoms with Gasteiger partial charge in [-0.25, -0.2) is 0 Å². The molecule has 68 valence electrons. The maximum Gasteiger partial charge on any atom is 0.0891 e. The molecule has 3 fully saturated rings. The third kappa shape index (κ3) is 0.873. The van der Waals surface area contributed by atoms with Crippen molar-refractivity contribution in [3.63, 3.8) is 0 Å². The van der Waals surface area contributed by atoms with Gasteiger partial charge in [0.2, 0.25) is 0 Å². The fourth-order valence-corrected chi connectivity index (χ4v) is 2.85. The molecule has 3 heteroatoms. The first kappa shape index (κ1) is 7.30. The zero-order valence-corrected chi connectivity index (χ0v) is 6.98. The summed E-state index contributed by atoms with van der Waals surface area (Å²) < 4.78 is 11.3. The van der Waals surface area contributed by atoms with Gasteiger partial charge in [0.15, 0.2) is 0 Å². The number of hydrogen-bond donors (Lipinski definition) is 1. The Bertz CT molecular complexity index is 194. The summed E-state index contributed by atoms with van der Waals surface area (Å²) in [7, 11) is 0. The van der Waals surface area contributed by atoms with Crippen molar-refractivity contribution < 1.29 is 14.6 Å². The Morgan fingerprint density at radius 3 is 2.92 bits per heavy atom. The monoisotopic (exact) mass is 170 g/mol. The van der Waals surface area contributed by atoms with Crippen LogP contribution in [0.2, 0.25) is 0 Å². The average Bonchev–Trinajstić information content (AvgIpc) is 2.63. The van der Waals surface area contributed by atoms with Crippen molar-refractivity contribution in [2.24, 2.45) is 5.92 Å². The van der Waals surface area contributed by atoms with Crippen molar-refractivity contribution in [1.82, 2.24) is 0 Å². The van der Waals surface area contributed by atoms with Gasteiger partial charge in [-0.15, -0.1) is 0 Å². The summed E-state index contributed by atoms with van der Waals surface area (Å²) in [5.74, 6) is 0.479. The van der Waals surface area contributed by atoms with Crippen LogP contribution in [-0.2, 0) is 9.47 Å². The highest BCUT2D eigenvalue weighted by Crippen LogP contribution is 2.44. The SMILES string of the molecule is OC1CO[C@H]2[C@@H](C1)[C@H]1CC[C@@H]2O1. The van der Waals surface area contributed by atoms with Crippen LogP contribution in [0.4, 0.5) is 0 Å². The van der Waals surface area contributed by atoms with Crippen LogP contribution in [0.1, 0.15) is 19.3 Å². The van der Waals surface area contributed by atoms with E-state index < -0.39 is 0 Å². The second kappa shape index (κ2) is 2.44. The summed E-state index contributed by atoms with van der Waals surface area (Å²) >= 11 is 0. The molecule has 0 amide bonds. The number of aliphatic hydroxyl groups is 1. The molecule has 1 unspecified atom stereocenters. The number of fused-ring (bicyclic) bond motifs is 5. The molecule has 0 aliphatic carbocycles. The third-order valence-corrected chi connectivity index (χ3v) is 3.38. The molecule has 3 aliphatic rings. The fourth-order valence-electron chi connectivity index (χ4n) is 2.85. The largest absolute Gasteiger partial charge is 0.391 e. The van der Waals surface area contributed by atoms with E-state index in [9.17, 15) is 5.11 Å². The van der Waals surface area contributed by atoms with Crippen molar-refractivity contribution in [2.45, 2.75) is 43.7 Å². The van der Waals surface area contributed by atoms with E-state index in [-0.39, 0.29) is 6.10 Å². The minimum Gasteiger partial charge on any atom is -0.391 e. The lowest BCUT2D eigenvalue weighted by molar-refractivity contribution is -0.0945. The molecule has 2 bridgehead atoms. The van der Waals surface area contributed by atoms with Gasteiger partial charge in [-0.1, -0.05) is 0 Å². The minimum atomic E-state index is -0.255. The standard InChI is InChI=1S/C9H14O3/c10-5-3-6-7-1-2-8(12-7)9(6)11-4-5/h5-10H,1-4H2/t5?,6-,7+,8-,9-/m0/s1. The number of aliphatic hydroxyl groups excluding tert-OH is 1. The fraction of sp³-hybridized carbons (Fsp3) is 1.00. The van der Waals surface area contributed by atoms with Crippen LogP contribution in [0, 0.1) is 5.92 Å². The molecular formula is C9H14O3. The maximum absolute atomic E-state index is 9.40. The summed E-state index contributed by atoms with van der Waals surface area (Å²) in [5, 5.41) is 9.40. The molecule has 3 rings (SSSR count). The Labute approximate surface area is 71.7 Å². The van der Waals surface area contributed by atoms with Gasteiger partial charge in [0.05, 0.1) is 31.0 Å². The zero-order chi connectivity index (χ0) is 8.13. The first-order valence-corrected chi connectivity index (χ1v) is 4.80. The third-order valence-electron chi connectivity index (χ3n) is 3.38. The van der Waals surface area contributed by atoms with Gasteiger partial charge in [-0.05, 0) is 19.3 Å². The zero-order valence-electron chi connectivity index (χ0n) is 6.98. The summed E-state index contributed by atoms with van der Waals surface area (Å²) in [5.41, 5.74) is 0. The van der Waals surface area contributed by atoms with Gasteiger partial charge in [0.25, 0.3) is 0 Å². The van der Waals surface area contributed by atoms with Crippen molar-refractivity contribution in [3.8, 4) is 0 Å². The van der Waals surface area contributed by atoms with Gasteiger partial charge in [0.1, 0.15) is 0 Å². The second-order valence-corrected chi connectivity index (χ2v) is 4.14. The Balaban J connectivity index is 1.81. The predicted octanol–water partition coefficient (Wildman–Crippen LogP) is 0.314. The van der Waals surface area contributed by atoms with Crippen LogP contribution in [0.5, 0.6) is 0 Å². The Morgan fingerprint density at radius 2 is 2.00 bits per heavy atom. The number of hydrogen-bond acceptors (Lipinski definition) is 3. The van der Waals surface area contributed by atoms with Gasteiger partial charge in [-0.2, -0.15) is 0 Å². The van der Waals surface area contributed by atoms with Crippen LogP contribution < -0.4 is 0 Å². The quantitative estimate of drug-likeness (QED) is 0.568. The molecule has 12 heavy (non-hydrogen) atoms. The van der Waals surface area contributed by atoms with Crippen LogP contribution in [0.15, 0.2) is 0 Å². The number of rotatable bonds is 0. The predicted molar refractivity (Wildman–Crippen MR) is 41.7 cm³/mol. The van der Waals surface area contributed by atoms with Gasteiger partial charge in [-0.3, -0.25) is 0 Å². The molecule has 3 saturated heterocycles. The lowest BCUT2D eigenvalue weighted by Crippen LogP contribution is -2.43. The normalized spacial score (nSPS) is 57.2. The van der Waals surface area contributed by atoms with Crippen molar-refractivity contribution in [1.29, 1.82) is 0 Å². The van der Waals surface area contributed by atoms with E-state index in [2.05, 4.69) is 0 Å². The molecule has 1 N–H and O–H groups in total. The Morgan fingerprint density at radius 1 is 1.17 bits per heavy atom. The first-order chi connectivity index (χ1) is 5.84. The lowest BCUT2D eigenvalue weighted by Gasteiger charge is -2.34. The summed E-state index contributed by atoms with van der Waals surface area (Å²) in [6.07, 6.45) is 3.97. The molecule has 5 atom stereocenters. The molecule has 0 aromatic carbocycles. The van der Waals surface area contributed by atoms with Crippen molar-refractivity contribution in [2.75, 3.05) is 6.61 Å². The van der Waals surface area contributed by atoms with Crippen LogP contribution in [0.3, 0.4) is 0 Å². The molecule has 3 aliphatic heterocycles. The van der Waals surface area contributed by atoms with Crippen LogP contribution in [0.25, 0.3) is 0 Å². The summed E-state index contributed by atoms with van der Waals surface area (Å²) in [6, 6.07) is 0. The van der Waals surface area contributed by atoms with Gasteiger partial charge in [0, 0.05) is 5.92 Å². The van der Waals surface area contributed by atoms with Crippen LogP contribution >= 0.6 is 0 Å². The summed E-state index contributed by atoms with van der Waals surface area (Å²) in [4.78, 5) is 0. The molecule has 3 nitrogen and oxygen atoms in total. The molecule has 0 saturated carbocycles. The van der Waals surface area contributed by atoms with Gasteiger partial charge >= 0.3 is 0 Å². The molecule has 0 aromatic rings. The minimum absolute atomic E-state index is 0.255. The smallest absolute Gasteiger partial charge is 0.0891 e. The molecule has 0 spiro atoms. The van der Waals surface area contributed by atoms with Crippen molar-refractivity contribution in [3.05, 3.63) is 0 Å². The average molecular weight is 170 g/mol. The Hall–Kier alpha value is -0.120. The van der Waals surface area contributed by atoms with E-state index in [0.29, 0.717) is 30.8 Å². The highest BCUT2D eigenvalue weighted by Gasteiger charge is 2.51. The molecule has 0 radical (unpaired) electrons.